The topological polar surface area (TPSA) is 79.5 Å². The zero-order valence-electron chi connectivity index (χ0n) is 20.7. The fraction of sp³-hybridized carbons (Fsp3) is 0.0312. The largest absolute Gasteiger partial charge is 0.487 e. The number of halogens is 1. The maximum absolute atomic E-state index is 13.9. The number of rotatable bonds is 6. The highest BCUT2D eigenvalue weighted by atomic mass is 19.1. The monoisotopic (exact) mass is 511 g/mol. The van der Waals surface area contributed by atoms with Crippen molar-refractivity contribution in [1.82, 2.24) is 25.1 Å². The minimum absolute atomic E-state index is 0.261. The molecule has 0 bridgehead atoms. The van der Waals surface area contributed by atoms with Gasteiger partial charge in [-0.25, -0.2) is 4.39 Å². The van der Waals surface area contributed by atoms with Crippen molar-refractivity contribution in [3.05, 3.63) is 121 Å². The molecule has 0 aliphatic rings. The maximum Gasteiger partial charge on any atom is 0.138 e. The lowest BCUT2D eigenvalue weighted by Crippen LogP contribution is -1.96. The molecule has 0 fully saturated rings. The molecule has 0 amide bonds. The summed E-state index contributed by atoms with van der Waals surface area (Å²) >= 11 is 0. The molecule has 0 saturated carbocycles. The third-order valence-electron chi connectivity index (χ3n) is 6.76. The first kappa shape index (κ1) is 22.9. The van der Waals surface area contributed by atoms with E-state index in [0.717, 1.165) is 61.1 Å². The molecule has 2 N–H and O–H groups in total. The standard InChI is InChI=1S/C32H22FN5O/c33-23-9-4-8-21(12-23)25-10-5-11-28-26(25)14-30(36-28)32-27-15-29(35-18-31(27)37-38-32)22-13-24(17-34-16-22)39-19-20-6-2-1-3-7-20/h1-18,36H,19H2,(H,37,38). The molecule has 3 aromatic carbocycles. The van der Waals surface area contributed by atoms with Gasteiger partial charge in [0.05, 0.1) is 29.3 Å². The molecule has 7 heteroatoms. The zero-order chi connectivity index (χ0) is 26.2. The molecule has 4 heterocycles. The molecule has 6 nitrogen and oxygen atoms in total. The summed E-state index contributed by atoms with van der Waals surface area (Å²) in [6.45, 7) is 0.461. The Morgan fingerprint density at radius 3 is 2.54 bits per heavy atom. The molecule has 0 radical (unpaired) electrons. The van der Waals surface area contributed by atoms with Crippen LogP contribution < -0.4 is 4.74 Å². The van der Waals surface area contributed by atoms with Gasteiger partial charge in [0.15, 0.2) is 0 Å². The van der Waals surface area contributed by atoms with Crippen LogP contribution in [0.4, 0.5) is 4.39 Å². The van der Waals surface area contributed by atoms with Crippen LogP contribution in [0.3, 0.4) is 0 Å². The van der Waals surface area contributed by atoms with E-state index in [0.29, 0.717) is 12.4 Å². The van der Waals surface area contributed by atoms with Gasteiger partial charge in [0.2, 0.25) is 0 Å². The van der Waals surface area contributed by atoms with E-state index in [9.17, 15) is 4.39 Å². The lowest BCUT2D eigenvalue weighted by molar-refractivity contribution is 0.305. The van der Waals surface area contributed by atoms with Crippen LogP contribution in [0.15, 0.2) is 110 Å². The highest BCUT2D eigenvalue weighted by molar-refractivity contribution is 6.01. The first-order chi connectivity index (χ1) is 19.2. The molecular formula is C32H22FN5O. The number of nitrogens with zero attached hydrogens (tertiary/aromatic N) is 3. The van der Waals surface area contributed by atoms with Crippen LogP contribution in [0.5, 0.6) is 5.75 Å². The third-order valence-corrected chi connectivity index (χ3v) is 6.76. The van der Waals surface area contributed by atoms with Crippen molar-refractivity contribution < 1.29 is 9.13 Å². The molecule has 0 atom stereocenters. The molecule has 188 valence electrons. The molecule has 0 aliphatic carbocycles. The summed E-state index contributed by atoms with van der Waals surface area (Å²) in [6.07, 6.45) is 5.26. The average molecular weight is 512 g/mol. The van der Waals surface area contributed by atoms with Crippen molar-refractivity contribution in [3.63, 3.8) is 0 Å². The zero-order valence-corrected chi connectivity index (χ0v) is 20.7. The van der Waals surface area contributed by atoms with Crippen molar-refractivity contribution in [2.75, 3.05) is 0 Å². The molecular weight excluding hydrogens is 489 g/mol. The van der Waals surface area contributed by atoms with Gasteiger partial charge in [0.25, 0.3) is 0 Å². The second-order valence-corrected chi connectivity index (χ2v) is 9.33. The number of hydrogen-bond donors (Lipinski definition) is 2. The van der Waals surface area contributed by atoms with E-state index in [-0.39, 0.29) is 5.82 Å². The van der Waals surface area contributed by atoms with Crippen LogP contribution in [0, 0.1) is 5.82 Å². The predicted molar refractivity (Wildman–Crippen MR) is 151 cm³/mol. The highest BCUT2D eigenvalue weighted by Crippen LogP contribution is 2.35. The quantitative estimate of drug-likeness (QED) is 0.242. The van der Waals surface area contributed by atoms with E-state index in [1.165, 1.54) is 6.07 Å². The number of hydrogen-bond acceptors (Lipinski definition) is 4. The van der Waals surface area contributed by atoms with E-state index in [1.54, 1.807) is 30.7 Å². The SMILES string of the molecule is Fc1cccc(-c2cccc3[nH]c(-c4n[nH]c5cnc(-c6cncc(OCc7ccccc7)c6)cc45)cc23)c1. The predicted octanol–water partition coefficient (Wildman–Crippen LogP) is 7.55. The summed E-state index contributed by atoms with van der Waals surface area (Å²) in [5.41, 5.74) is 7.88. The number of aromatic nitrogens is 5. The number of fused-ring (bicyclic) bond motifs is 2. The fourth-order valence-corrected chi connectivity index (χ4v) is 4.85. The summed E-state index contributed by atoms with van der Waals surface area (Å²) in [4.78, 5) is 12.5. The number of ether oxygens (including phenoxy) is 1. The van der Waals surface area contributed by atoms with Crippen molar-refractivity contribution in [1.29, 1.82) is 0 Å². The van der Waals surface area contributed by atoms with Crippen LogP contribution in [-0.2, 0) is 6.61 Å². The second-order valence-electron chi connectivity index (χ2n) is 9.33. The lowest BCUT2D eigenvalue weighted by atomic mass is 10.0. The van der Waals surface area contributed by atoms with Crippen LogP contribution in [0.25, 0.3) is 55.6 Å². The van der Waals surface area contributed by atoms with Gasteiger partial charge >= 0.3 is 0 Å². The maximum atomic E-state index is 13.9. The van der Waals surface area contributed by atoms with Gasteiger partial charge in [0.1, 0.15) is 23.9 Å². The van der Waals surface area contributed by atoms with Gasteiger partial charge in [-0.2, -0.15) is 5.10 Å². The minimum atomic E-state index is -0.261. The van der Waals surface area contributed by atoms with Gasteiger partial charge in [-0.05, 0) is 53.1 Å². The summed E-state index contributed by atoms with van der Waals surface area (Å²) in [6, 6.07) is 28.6. The molecule has 0 unspecified atom stereocenters. The van der Waals surface area contributed by atoms with Crippen LogP contribution in [0.2, 0.25) is 0 Å². The first-order valence-electron chi connectivity index (χ1n) is 12.6. The third kappa shape index (κ3) is 4.40. The summed E-state index contributed by atoms with van der Waals surface area (Å²) in [7, 11) is 0. The summed E-state index contributed by atoms with van der Waals surface area (Å²) in [5, 5.41) is 9.61. The van der Waals surface area contributed by atoms with Gasteiger partial charge in [0, 0.05) is 28.0 Å². The Bertz CT molecular complexity index is 1940. The van der Waals surface area contributed by atoms with Gasteiger partial charge in [-0.3, -0.25) is 15.1 Å². The van der Waals surface area contributed by atoms with Gasteiger partial charge < -0.3 is 9.72 Å². The van der Waals surface area contributed by atoms with Crippen molar-refractivity contribution in [3.8, 4) is 39.5 Å². The van der Waals surface area contributed by atoms with Crippen LogP contribution >= 0.6 is 0 Å². The highest BCUT2D eigenvalue weighted by Gasteiger charge is 2.15. The van der Waals surface area contributed by atoms with E-state index in [2.05, 4.69) is 31.2 Å². The average Bonchev–Trinajstić information content (AvgIpc) is 3.60. The Balaban J connectivity index is 1.24. The normalized spacial score (nSPS) is 11.3. The molecule has 4 aromatic heterocycles. The fourth-order valence-electron chi connectivity index (χ4n) is 4.85. The van der Waals surface area contributed by atoms with Crippen molar-refractivity contribution in [2.24, 2.45) is 0 Å². The molecule has 0 aliphatic heterocycles. The molecule has 39 heavy (non-hydrogen) atoms. The van der Waals surface area contributed by atoms with E-state index >= 15 is 0 Å². The van der Waals surface area contributed by atoms with Gasteiger partial charge in [-0.1, -0.05) is 54.6 Å². The summed E-state index contributed by atoms with van der Waals surface area (Å²) in [5.74, 6) is 0.411. The molecule has 0 spiro atoms. The van der Waals surface area contributed by atoms with E-state index in [1.807, 2.05) is 66.7 Å². The second kappa shape index (κ2) is 9.54. The lowest BCUT2D eigenvalue weighted by Gasteiger charge is -2.08. The summed E-state index contributed by atoms with van der Waals surface area (Å²) < 4.78 is 19.9. The Morgan fingerprint density at radius 2 is 1.64 bits per heavy atom. The number of aromatic amines is 2. The van der Waals surface area contributed by atoms with Gasteiger partial charge in [-0.15, -0.1) is 0 Å². The Labute approximate surface area is 223 Å². The number of pyridine rings is 2. The van der Waals surface area contributed by atoms with E-state index in [4.69, 9.17) is 4.74 Å². The van der Waals surface area contributed by atoms with E-state index < -0.39 is 0 Å². The Hall–Kier alpha value is -5.30. The van der Waals surface area contributed by atoms with Crippen molar-refractivity contribution in [2.45, 2.75) is 6.61 Å². The minimum Gasteiger partial charge on any atom is -0.487 e. The number of nitrogens with one attached hydrogen (secondary N) is 2. The molecule has 7 rings (SSSR count). The first-order valence-corrected chi connectivity index (χ1v) is 12.6. The Kier molecular flexibility index (Phi) is 5.59. The smallest absolute Gasteiger partial charge is 0.138 e. The number of H-pyrrole nitrogens is 2. The Morgan fingerprint density at radius 1 is 0.744 bits per heavy atom. The van der Waals surface area contributed by atoms with Crippen molar-refractivity contribution >= 4 is 21.8 Å². The molecule has 7 aromatic rings. The van der Waals surface area contributed by atoms with Crippen LogP contribution in [-0.4, -0.2) is 25.1 Å². The number of benzene rings is 3. The van der Waals surface area contributed by atoms with Crippen LogP contribution in [0.1, 0.15) is 5.56 Å². The molecule has 0 saturated heterocycles.